The summed E-state index contributed by atoms with van der Waals surface area (Å²) in [6.07, 6.45) is 3.31. The molecule has 1 saturated carbocycles. The summed E-state index contributed by atoms with van der Waals surface area (Å²) in [4.78, 5) is 16.4. The number of amides is 1. The van der Waals surface area contributed by atoms with Crippen molar-refractivity contribution in [1.29, 1.82) is 0 Å². The standard InChI is InChI=1S/C16H20N2O2S/c1-16(2)8-7-11(9-16)17-14(19)10-21-15-18-12-5-3-4-6-13(12)20-15/h3-6,11H,7-10H2,1-2H3,(H,17,19). The summed E-state index contributed by atoms with van der Waals surface area (Å²) in [5.41, 5.74) is 1.95. The normalized spacial score (nSPS) is 20.8. The van der Waals surface area contributed by atoms with Crippen molar-refractivity contribution < 1.29 is 9.21 Å². The van der Waals surface area contributed by atoms with Gasteiger partial charge in [0.2, 0.25) is 5.91 Å². The molecular weight excluding hydrogens is 284 g/mol. The lowest BCUT2D eigenvalue weighted by molar-refractivity contribution is -0.119. The zero-order valence-electron chi connectivity index (χ0n) is 12.4. The third-order valence-corrected chi connectivity index (χ3v) is 4.76. The molecule has 1 heterocycles. The summed E-state index contributed by atoms with van der Waals surface area (Å²) >= 11 is 1.35. The Kier molecular flexibility index (Phi) is 3.93. The van der Waals surface area contributed by atoms with Crippen LogP contribution in [0.3, 0.4) is 0 Å². The van der Waals surface area contributed by atoms with Crippen molar-refractivity contribution in [1.82, 2.24) is 10.3 Å². The van der Waals surface area contributed by atoms with Crippen molar-refractivity contribution in [3.05, 3.63) is 24.3 Å². The molecule has 1 aliphatic rings. The highest BCUT2D eigenvalue weighted by Gasteiger charge is 2.31. The number of thioether (sulfide) groups is 1. The molecule has 0 radical (unpaired) electrons. The van der Waals surface area contributed by atoms with Crippen molar-refractivity contribution in [2.75, 3.05) is 5.75 Å². The van der Waals surface area contributed by atoms with E-state index in [1.165, 1.54) is 18.2 Å². The predicted molar refractivity (Wildman–Crippen MR) is 84.3 cm³/mol. The maximum atomic E-state index is 12.0. The Labute approximate surface area is 128 Å². The predicted octanol–water partition coefficient (Wildman–Crippen LogP) is 3.61. The molecule has 5 heteroatoms. The van der Waals surface area contributed by atoms with Gasteiger partial charge in [0.1, 0.15) is 5.52 Å². The van der Waals surface area contributed by atoms with Gasteiger partial charge >= 0.3 is 0 Å². The van der Waals surface area contributed by atoms with Gasteiger partial charge in [-0.25, -0.2) is 4.98 Å². The largest absolute Gasteiger partial charge is 0.431 e. The molecule has 1 amide bonds. The van der Waals surface area contributed by atoms with E-state index in [0.29, 0.717) is 22.4 Å². The molecule has 1 aliphatic carbocycles. The topological polar surface area (TPSA) is 55.1 Å². The zero-order valence-corrected chi connectivity index (χ0v) is 13.2. The smallest absolute Gasteiger partial charge is 0.257 e. The van der Waals surface area contributed by atoms with Crippen LogP contribution >= 0.6 is 11.8 Å². The van der Waals surface area contributed by atoms with E-state index in [1.807, 2.05) is 24.3 Å². The Morgan fingerprint density at radius 3 is 3.00 bits per heavy atom. The fraction of sp³-hybridized carbons (Fsp3) is 0.500. The van der Waals surface area contributed by atoms with E-state index in [-0.39, 0.29) is 5.91 Å². The van der Waals surface area contributed by atoms with Gasteiger partial charge in [0.05, 0.1) is 5.75 Å². The highest BCUT2D eigenvalue weighted by atomic mass is 32.2. The lowest BCUT2D eigenvalue weighted by atomic mass is 9.92. The molecule has 0 saturated heterocycles. The Morgan fingerprint density at radius 1 is 1.48 bits per heavy atom. The fourth-order valence-electron chi connectivity index (χ4n) is 2.87. The Balaban J connectivity index is 1.51. The number of para-hydroxylation sites is 2. The van der Waals surface area contributed by atoms with E-state index in [4.69, 9.17) is 4.42 Å². The number of hydrogen-bond donors (Lipinski definition) is 1. The van der Waals surface area contributed by atoms with E-state index in [9.17, 15) is 4.79 Å². The number of carbonyl (C=O) groups is 1. The lowest BCUT2D eigenvalue weighted by Gasteiger charge is -2.17. The number of nitrogens with one attached hydrogen (secondary N) is 1. The van der Waals surface area contributed by atoms with E-state index in [0.717, 1.165) is 23.9 Å². The summed E-state index contributed by atoms with van der Waals surface area (Å²) in [5.74, 6) is 0.411. The molecule has 2 aromatic rings. The molecule has 1 aromatic heterocycles. The molecule has 1 atom stereocenters. The van der Waals surface area contributed by atoms with Gasteiger partial charge < -0.3 is 9.73 Å². The molecule has 1 N–H and O–H groups in total. The average molecular weight is 304 g/mol. The highest BCUT2D eigenvalue weighted by Crippen LogP contribution is 2.36. The minimum atomic E-state index is 0.0601. The second kappa shape index (κ2) is 5.72. The van der Waals surface area contributed by atoms with Crippen LogP contribution in [0.2, 0.25) is 0 Å². The van der Waals surface area contributed by atoms with Crippen LogP contribution in [0.4, 0.5) is 0 Å². The maximum Gasteiger partial charge on any atom is 0.257 e. The summed E-state index contributed by atoms with van der Waals surface area (Å²) in [6.45, 7) is 4.51. The average Bonchev–Trinajstić information content (AvgIpc) is 2.99. The van der Waals surface area contributed by atoms with E-state index < -0.39 is 0 Å². The summed E-state index contributed by atoms with van der Waals surface area (Å²) in [7, 11) is 0. The first kappa shape index (κ1) is 14.4. The molecular formula is C16H20N2O2S. The quantitative estimate of drug-likeness (QED) is 0.877. The summed E-state index contributed by atoms with van der Waals surface area (Å²) in [5, 5.41) is 3.66. The van der Waals surface area contributed by atoms with Gasteiger partial charge in [0.15, 0.2) is 5.58 Å². The second-order valence-corrected chi connectivity index (χ2v) is 7.33. The van der Waals surface area contributed by atoms with Gasteiger partial charge in [0, 0.05) is 6.04 Å². The first-order valence-electron chi connectivity index (χ1n) is 7.30. The Hall–Kier alpha value is -1.49. The second-order valence-electron chi connectivity index (χ2n) is 6.41. The molecule has 112 valence electrons. The number of nitrogens with zero attached hydrogens (tertiary/aromatic N) is 1. The SMILES string of the molecule is CC1(C)CCC(NC(=O)CSc2nc3ccccc3o2)C1. The third-order valence-electron chi connectivity index (χ3n) is 3.93. The number of aromatic nitrogens is 1. The number of carbonyl (C=O) groups excluding carboxylic acids is 1. The van der Waals surface area contributed by atoms with Gasteiger partial charge in [-0.05, 0) is 36.8 Å². The minimum Gasteiger partial charge on any atom is -0.431 e. The van der Waals surface area contributed by atoms with Crippen molar-refractivity contribution in [2.24, 2.45) is 5.41 Å². The Morgan fingerprint density at radius 2 is 2.29 bits per heavy atom. The lowest BCUT2D eigenvalue weighted by Crippen LogP contribution is -2.34. The van der Waals surface area contributed by atoms with E-state index >= 15 is 0 Å². The molecule has 0 aliphatic heterocycles. The minimum absolute atomic E-state index is 0.0601. The zero-order chi connectivity index (χ0) is 14.9. The molecule has 3 rings (SSSR count). The van der Waals surface area contributed by atoms with Gasteiger partial charge in [-0.2, -0.15) is 0 Å². The number of hydrogen-bond acceptors (Lipinski definition) is 4. The number of oxazole rings is 1. The van der Waals surface area contributed by atoms with Crippen molar-refractivity contribution in [3.8, 4) is 0 Å². The Bertz CT molecular complexity index is 618. The first-order valence-corrected chi connectivity index (χ1v) is 8.28. The molecule has 1 unspecified atom stereocenters. The number of benzene rings is 1. The van der Waals surface area contributed by atoms with Gasteiger partial charge in [-0.15, -0.1) is 0 Å². The third kappa shape index (κ3) is 3.59. The van der Waals surface area contributed by atoms with Crippen molar-refractivity contribution in [2.45, 2.75) is 44.4 Å². The molecule has 4 nitrogen and oxygen atoms in total. The summed E-state index contributed by atoms with van der Waals surface area (Å²) in [6, 6.07) is 7.94. The van der Waals surface area contributed by atoms with Crippen LogP contribution in [0.1, 0.15) is 33.1 Å². The number of fused-ring (bicyclic) bond motifs is 1. The van der Waals surface area contributed by atoms with Gasteiger partial charge in [0.25, 0.3) is 5.22 Å². The highest BCUT2D eigenvalue weighted by molar-refractivity contribution is 7.99. The fourth-order valence-corrected chi connectivity index (χ4v) is 3.52. The van der Waals surface area contributed by atoms with Gasteiger partial charge in [-0.3, -0.25) is 4.79 Å². The van der Waals surface area contributed by atoms with E-state index in [1.54, 1.807) is 0 Å². The first-order chi connectivity index (χ1) is 10.0. The van der Waals surface area contributed by atoms with Crippen LogP contribution < -0.4 is 5.32 Å². The van der Waals surface area contributed by atoms with Crippen molar-refractivity contribution in [3.63, 3.8) is 0 Å². The molecule has 1 aromatic carbocycles. The van der Waals surface area contributed by atoms with Crippen molar-refractivity contribution >= 4 is 28.8 Å². The van der Waals surface area contributed by atoms with Crippen LogP contribution in [0.15, 0.2) is 33.9 Å². The monoisotopic (exact) mass is 304 g/mol. The maximum absolute atomic E-state index is 12.0. The molecule has 0 spiro atoms. The van der Waals surface area contributed by atoms with Crippen LogP contribution in [-0.4, -0.2) is 22.7 Å². The van der Waals surface area contributed by atoms with E-state index in [2.05, 4.69) is 24.1 Å². The molecule has 0 bridgehead atoms. The van der Waals surface area contributed by atoms with Crippen LogP contribution in [0.5, 0.6) is 0 Å². The summed E-state index contributed by atoms with van der Waals surface area (Å²) < 4.78 is 5.59. The van der Waals surface area contributed by atoms with Gasteiger partial charge in [-0.1, -0.05) is 37.7 Å². The van der Waals surface area contributed by atoms with Crippen LogP contribution in [0.25, 0.3) is 11.1 Å². The van der Waals surface area contributed by atoms with Crippen LogP contribution in [-0.2, 0) is 4.79 Å². The molecule has 21 heavy (non-hydrogen) atoms. The number of rotatable bonds is 4. The molecule has 1 fully saturated rings. The van der Waals surface area contributed by atoms with Crippen LogP contribution in [0, 0.1) is 5.41 Å².